The van der Waals surface area contributed by atoms with E-state index in [9.17, 15) is 4.79 Å². The average molecular weight is 377 g/mol. The van der Waals surface area contributed by atoms with Crippen molar-refractivity contribution in [3.8, 4) is 5.19 Å². The van der Waals surface area contributed by atoms with Gasteiger partial charge in [-0.1, -0.05) is 16.9 Å². The van der Waals surface area contributed by atoms with E-state index in [0.717, 1.165) is 15.8 Å². The van der Waals surface area contributed by atoms with Gasteiger partial charge in [0.15, 0.2) is 4.34 Å². The van der Waals surface area contributed by atoms with Crippen LogP contribution in [0.5, 0.6) is 5.19 Å². The van der Waals surface area contributed by atoms with Crippen LogP contribution in [0.2, 0.25) is 0 Å². The van der Waals surface area contributed by atoms with Gasteiger partial charge in [-0.3, -0.25) is 4.79 Å². The van der Waals surface area contributed by atoms with Gasteiger partial charge >= 0.3 is 0 Å². The molecule has 3 fully saturated rings. The van der Waals surface area contributed by atoms with E-state index < -0.39 is 0 Å². The van der Waals surface area contributed by atoms with Gasteiger partial charge in [0, 0.05) is 23.0 Å². The van der Waals surface area contributed by atoms with Crippen LogP contribution in [0.25, 0.3) is 0 Å². The second-order valence-electron chi connectivity index (χ2n) is 6.38. The molecule has 1 aromatic carbocycles. The molecule has 6 nitrogen and oxygen atoms in total. The monoisotopic (exact) mass is 376 g/mol. The molecule has 1 amide bonds. The number of ether oxygens (including phenoxy) is 1. The first-order chi connectivity index (χ1) is 12.2. The number of nitrogens with zero attached hydrogens (tertiary/aromatic N) is 3. The zero-order valence-electron chi connectivity index (χ0n) is 14.0. The molecular weight excluding hydrogens is 356 g/mol. The second-order valence-corrected chi connectivity index (χ2v) is 8.64. The van der Waals surface area contributed by atoms with Crippen molar-refractivity contribution in [2.45, 2.75) is 28.1 Å². The lowest BCUT2D eigenvalue weighted by atomic mass is 9.84. The molecule has 0 spiro atoms. The van der Waals surface area contributed by atoms with E-state index in [1.807, 2.05) is 24.3 Å². The molecule has 3 saturated heterocycles. The molecule has 0 unspecified atom stereocenters. The van der Waals surface area contributed by atoms with Crippen LogP contribution in [0, 0.1) is 5.92 Å². The minimum absolute atomic E-state index is 0.0212. The summed E-state index contributed by atoms with van der Waals surface area (Å²) in [5.41, 5.74) is 0.704. The van der Waals surface area contributed by atoms with Gasteiger partial charge in [0.05, 0.1) is 7.11 Å². The van der Waals surface area contributed by atoms with Crippen molar-refractivity contribution < 1.29 is 9.53 Å². The summed E-state index contributed by atoms with van der Waals surface area (Å²) in [5, 5.41) is 11.8. The maximum Gasteiger partial charge on any atom is 0.294 e. The van der Waals surface area contributed by atoms with Crippen LogP contribution < -0.4 is 10.1 Å². The van der Waals surface area contributed by atoms with Crippen molar-refractivity contribution in [1.29, 1.82) is 0 Å². The van der Waals surface area contributed by atoms with Crippen LogP contribution in [-0.4, -0.2) is 53.8 Å². The minimum atomic E-state index is 0.0212. The second kappa shape index (κ2) is 7.31. The molecular formula is C17H20N4O2S2. The first-order valence-corrected chi connectivity index (χ1v) is 10.0. The highest BCUT2D eigenvalue weighted by Crippen LogP contribution is 2.33. The lowest BCUT2D eigenvalue weighted by Gasteiger charge is -2.44. The molecule has 5 rings (SSSR count). The molecule has 8 heteroatoms. The van der Waals surface area contributed by atoms with Crippen LogP contribution in [0.4, 0.5) is 0 Å². The first kappa shape index (κ1) is 16.8. The van der Waals surface area contributed by atoms with Crippen LogP contribution in [0.15, 0.2) is 33.5 Å². The van der Waals surface area contributed by atoms with Crippen molar-refractivity contribution in [1.82, 2.24) is 20.4 Å². The number of hydrogen-bond acceptors (Lipinski definition) is 7. The predicted octanol–water partition coefficient (Wildman–Crippen LogP) is 2.52. The highest BCUT2D eigenvalue weighted by atomic mass is 32.2. The molecule has 132 valence electrons. The fourth-order valence-corrected chi connectivity index (χ4v) is 5.10. The molecule has 0 radical (unpaired) electrons. The van der Waals surface area contributed by atoms with E-state index in [2.05, 4.69) is 20.4 Å². The third-order valence-electron chi connectivity index (χ3n) is 4.86. The number of carbonyl (C=O) groups is 1. The molecule has 1 atom stereocenters. The molecule has 3 aliphatic rings. The van der Waals surface area contributed by atoms with Gasteiger partial charge in [-0.15, -0.1) is 5.10 Å². The Bertz CT molecular complexity index is 741. The quantitative estimate of drug-likeness (QED) is 0.865. The summed E-state index contributed by atoms with van der Waals surface area (Å²) < 4.78 is 5.87. The molecule has 1 aromatic heterocycles. The number of benzene rings is 1. The molecule has 0 saturated carbocycles. The predicted molar refractivity (Wildman–Crippen MR) is 97.4 cm³/mol. The number of rotatable bonds is 5. The average Bonchev–Trinajstić information content (AvgIpc) is 3.11. The van der Waals surface area contributed by atoms with E-state index in [1.54, 1.807) is 7.11 Å². The molecule has 3 aliphatic heterocycles. The maximum absolute atomic E-state index is 12.5. The Morgan fingerprint density at radius 2 is 2.04 bits per heavy atom. The number of aromatic nitrogens is 2. The van der Waals surface area contributed by atoms with Crippen LogP contribution >= 0.6 is 23.1 Å². The topological polar surface area (TPSA) is 67.3 Å². The van der Waals surface area contributed by atoms with Gasteiger partial charge in [-0.2, -0.15) is 0 Å². The number of methoxy groups -OCH3 is 1. The summed E-state index contributed by atoms with van der Waals surface area (Å²) in [5.74, 6) is 0.657. The molecule has 0 aliphatic carbocycles. The zero-order valence-corrected chi connectivity index (χ0v) is 15.6. The highest BCUT2D eigenvalue weighted by Gasteiger charge is 2.34. The molecule has 2 bridgehead atoms. The number of nitrogens with one attached hydrogen (secondary N) is 1. The van der Waals surface area contributed by atoms with Crippen LogP contribution in [0.1, 0.15) is 23.2 Å². The SMILES string of the molecule is COc1nnc(Sc2ccc(C(=O)N[C@H]3CN4CCC3CC4)cc2)s1. The van der Waals surface area contributed by atoms with E-state index in [4.69, 9.17) is 4.74 Å². The van der Waals surface area contributed by atoms with Crippen molar-refractivity contribution in [3.05, 3.63) is 29.8 Å². The van der Waals surface area contributed by atoms with Gasteiger partial charge in [-0.05, 0) is 67.5 Å². The number of fused-ring (bicyclic) bond motifs is 3. The summed E-state index contributed by atoms with van der Waals surface area (Å²) >= 11 is 2.92. The fraction of sp³-hybridized carbons (Fsp3) is 0.471. The summed E-state index contributed by atoms with van der Waals surface area (Å²) in [7, 11) is 1.58. The van der Waals surface area contributed by atoms with E-state index in [1.165, 1.54) is 49.0 Å². The number of piperidine rings is 3. The Morgan fingerprint density at radius 1 is 1.28 bits per heavy atom. The third kappa shape index (κ3) is 3.80. The molecule has 25 heavy (non-hydrogen) atoms. The van der Waals surface area contributed by atoms with Crippen LogP contribution in [-0.2, 0) is 0 Å². The Balaban J connectivity index is 1.37. The van der Waals surface area contributed by atoms with Gasteiger partial charge < -0.3 is 15.0 Å². The van der Waals surface area contributed by atoms with Crippen molar-refractivity contribution >= 4 is 29.0 Å². The van der Waals surface area contributed by atoms with Gasteiger partial charge in [0.25, 0.3) is 11.1 Å². The minimum Gasteiger partial charge on any atom is -0.472 e. The lowest BCUT2D eigenvalue weighted by molar-refractivity contribution is 0.0620. The number of amides is 1. The van der Waals surface area contributed by atoms with Gasteiger partial charge in [-0.25, -0.2) is 0 Å². The molecule has 1 N–H and O–H groups in total. The summed E-state index contributed by atoms with van der Waals surface area (Å²) in [6.45, 7) is 3.35. The van der Waals surface area contributed by atoms with E-state index in [-0.39, 0.29) is 11.9 Å². The molecule has 2 aromatic rings. The molecule has 4 heterocycles. The maximum atomic E-state index is 12.5. The largest absolute Gasteiger partial charge is 0.472 e. The Kier molecular flexibility index (Phi) is 4.91. The van der Waals surface area contributed by atoms with E-state index in [0.29, 0.717) is 16.7 Å². The highest BCUT2D eigenvalue weighted by molar-refractivity contribution is 8.01. The van der Waals surface area contributed by atoms with Gasteiger partial charge in [0.2, 0.25) is 0 Å². The fourth-order valence-electron chi connectivity index (χ4n) is 3.48. The smallest absolute Gasteiger partial charge is 0.294 e. The first-order valence-electron chi connectivity index (χ1n) is 8.40. The zero-order chi connectivity index (χ0) is 17.2. The van der Waals surface area contributed by atoms with Crippen LogP contribution in [0.3, 0.4) is 0 Å². The summed E-state index contributed by atoms with van der Waals surface area (Å²) in [6, 6.07) is 7.93. The Labute approximate surface area is 155 Å². The van der Waals surface area contributed by atoms with E-state index >= 15 is 0 Å². The third-order valence-corrected chi connectivity index (χ3v) is 6.80. The summed E-state index contributed by atoms with van der Waals surface area (Å²) in [6.07, 6.45) is 2.40. The normalized spacial score (nSPS) is 24.9. The number of hydrogen-bond donors (Lipinski definition) is 1. The number of carbonyl (C=O) groups excluding carboxylic acids is 1. The Hall–Kier alpha value is -1.64. The Morgan fingerprint density at radius 3 is 2.64 bits per heavy atom. The van der Waals surface area contributed by atoms with Crippen molar-refractivity contribution in [2.75, 3.05) is 26.7 Å². The summed E-state index contributed by atoms with van der Waals surface area (Å²) in [4.78, 5) is 16.0. The lowest BCUT2D eigenvalue weighted by Crippen LogP contribution is -2.57. The standard InChI is InChI=1S/C17H20N4O2S2/c1-23-16-19-20-17(25-16)24-13-4-2-12(3-5-13)15(22)18-14-10-21-8-6-11(14)7-9-21/h2-5,11,14H,6-10H2,1H3,(H,18,22)/t14-/m0/s1. The van der Waals surface area contributed by atoms with Crippen molar-refractivity contribution in [3.63, 3.8) is 0 Å². The van der Waals surface area contributed by atoms with Crippen molar-refractivity contribution in [2.24, 2.45) is 5.92 Å². The van der Waals surface area contributed by atoms with Gasteiger partial charge in [0.1, 0.15) is 0 Å².